The Hall–Kier alpha value is -3.15. The normalized spacial score (nSPS) is 14.9. The van der Waals surface area contributed by atoms with Crippen molar-refractivity contribution in [1.29, 1.82) is 0 Å². The molecule has 7 nitrogen and oxygen atoms in total. The summed E-state index contributed by atoms with van der Waals surface area (Å²) in [5.41, 5.74) is -0.432. The number of hydrogen-bond donors (Lipinski definition) is 2. The molecule has 12 heteroatoms. The third kappa shape index (κ3) is 7.17. The van der Waals surface area contributed by atoms with Crippen LogP contribution in [0.15, 0.2) is 36.4 Å². The van der Waals surface area contributed by atoms with E-state index in [1.54, 1.807) is 4.90 Å². The second kappa shape index (κ2) is 10.4. The van der Waals surface area contributed by atoms with Crippen molar-refractivity contribution in [2.45, 2.75) is 32.0 Å². The van der Waals surface area contributed by atoms with Gasteiger partial charge in [-0.1, -0.05) is 6.07 Å². The Kier molecular flexibility index (Phi) is 7.80. The number of benzene rings is 1. The molecule has 0 radical (unpaired) electrons. The van der Waals surface area contributed by atoms with Gasteiger partial charge >= 0.3 is 6.18 Å². The number of carbonyl (C=O) groups excluding carboxylic acids is 1. The van der Waals surface area contributed by atoms with Crippen LogP contribution in [0.2, 0.25) is 0 Å². The van der Waals surface area contributed by atoms with E-state index >= 15 is 0 Å². The fraction of sp³-hybridized carbons (Fsp3) is 0.364. The lowest BCUT2D eigenvalue weighted by molar-refractivity contribution is -0.141. The number of halogens is 4. The fourth-order valence-electron chi connectivity index (χ4n) is 3.47. The van der Waals surface area contributed by atoms with Gasteiger partial charge in [-0.25, -0.2) is 17.8 Å². The first-order chi connectivity index (χ1) is 15.9. The van der Waals surface area contributed by atoms with Crippen LogP contribution >= 0.6 is 0 Å². The number of rotatable bonds is 7. The van der Waals surface area contributed by atoms with Crippen molar-refractivity contribution in [3.8, 4) is 0 Å². The zero-order chi connectivity index (χ0) is 24.9. The van der Waals surface area contributed by atoms with Crippen LogP contribution in [0.5, 0.6) is 0 Å². The van der Waals surface area contributed by atoms with E-state index in [4.69, 9.17) is 0 Å². The second-order valence-electron chi connectivity index (χ2n) is 7.89. The largest absolute Gasteiger partial charge is 0.433 e. The molecule has 184 valence electrons. The number of nitrogens with one attached hydrogen (secondary N) is 2. The summed E-state index contributed by atoms with van der Waals surface area (Å²) in [6, 6.07) is 5.94. The quantitative estimate of drug-likeness (QED) is 0.444. The maximum atomic E-state index is 14.1. The molecule has 0 bridgehead atoms. The molecule has 1 aromatic carbocycles. The van der Waals surface area contributed by atoms with Gasteiger partial charge in [0.25, 0.3) is 0 Å². The van der Waals surface area contributed by atoms with Crippen molar-refractivity contribution in [2.24, 2.45) is 0 Å². The van der Waals surface area contributed by atoms with Crippen LogP contribution < -0.4 is 14.9 Å². The Morgan fingerprint density at radius 3 is 2.47 bits per heavy atom. The molecule has 2 N–H and O–H groups in total. The van der Waals surface area contributed by atoms with Crippen LogP contribution in [0.3, 0.4) is 0 Å². The van der Waals surface area contributed by atoms with Crippen LogP contribution in [0, 0.1) is 5.82 Å². The summed E-state index contributed by atoms with van der Waals surface area (Å²) < 4.78 is 78.0. The molecule has 0 unspecified atom stereocenters. The lowest BCUT2D eigenvalue weighted by atomic mass is 10.1. The fourth-order valence-corrected chi connectivity index (χ4v) is 4.04. The molecule has 1 saturated heterocycles. The van der Waals surface area contributed by atoms with Gasteiger partial charge in [-0.15, -0.1) is 0 Å². The summed E-state index contributed by atoms with van der Waals surface area (Å²) in [6.45, 7) is 1.12. The van der Waals surface area contributed by atoms with Gasteiger partial charge in [0.05, 0.1) is 11.9 Å². The first-order valence-electron chi connectivity index (χ1n) is 10.5. The highest BCUT2D eigenvalue weighted by Gasteiger charge is 2.33. The molecule has 2 aromatic rings. The maximum absolute atomic E-state index is 14.1. The van der Waals surface area contributed by atoms with Gasteiger partial charge < -0.3 is 10.2 Å². The zero-order valence-corrected chi connectivity index (χ0v) is 19.1. The summed E-state index contributed by atoms with van der Waals surface area (Å²) in [4.78, 5) is 17.8. The van der Waals surface area contributed by atoms with E-state index < -0.39 is 33.6 Å². The smallest absolute Gasteiger partial charge is 0.356 e. The van der Waals surface area contributed by atoms with Crippen LogP contribution in [-0.2, 0) is 27.5 Å². The van der Waals surface area contributed by atoms with Crippen molar-refractivity contribution in [2.75, 3.05) is 29.0 Å². The minimum atomic E-state index is -4.58. The van der Waals surface area contributed by atoms with Gasteiger partial charge in [0.2, 0.25) is 15.9 Å². The van der Waals surface area contributed by atoms with Gasteiger partial charge in [-0.3, -0.25) is 9.52 Å². The van der Waals surface area contributed by atoms with Crippen molar-refractivity contribution in [1.82, 2.24) is 10.3 Å². The maximum Gasteiger partial charge on any atom is 0.433 e. The monoisotopic (exact) mass is 500 g/mol. The Morgan fingerprint density at radius 2 is 1.85 bits per heavy atom. The van der Waals surface area contributed by atoms with E-state index in [-0.39, 0.29) is 18.1 Å². The Bertz CT molecular complexity index is 1180. The van der Waals surface area contributed by atoms with Crippen LogP contribution in [0.1, 0.15) is 36.1 Å². The number of pyridine rings is 1. The Balaban J connectivity index is 1.70. The van der Waals surface area contributed by atoms with E-state index in [0.717, 1.165) is 37.7 Å². The molecule has 3 rings (SSSR count). The van der Waals surface area contributed by atoms with E-state index in [0.29, 0.717) is 24.2 Å². The van der Waals surface area contributed by atoms with Crippen molar-refractivity contribution in [3.63, 3.8) is 0 Å². The number of aromatic nitrogens is 1. The zero-order valence-electron chi connectivity index (χ0n) is 18.3. The number of hydrogen-bond acceptors (Lipinski definition) is 5. The summed E-state index contributed by atoms with van der Waals surface area (Å²) in [6.07, 6.45) is 1.57. The molecule has 1 fully saturated rings. The summed E-state index contributed by atoms with van der Waals surface area (Å²) in [7, 11) is -3.63. The lowest BCUT2D eigenvalue weighted by Crippen LogP contribution is -2.31. The highest BCUT2D eigenvalue weighted by Crippen LogP contribution is 2.32. The van der Waals surface area contributed by atoms with Crippen LogP contribution in [0.25, 0.3) is 6.08 Å². The molecule has 1 aromatic heterocycles. The first kappa shape index (κ1) is 25.5. The predicted octanol–water partition coefficient (Wildman–Crippen LogP) is 3.93. The van der Waals surface area contributed by atoms with Gasteiger partial charge in [0.15, 0.2) is 0 Å². The average molecular weight is 501 g/mol. The molecule has 0 spiro atoms. The van der Waals surface area contributed by atoms with Crippen molar-refractivity contribution < 1.29 is 30.8 Å². The number of alkyl halides is 3. The molecular formula is C22H24F4N4O3S. The number of piperidine rings is 1. The van der Waals surface area contributed by atoms with Gasteiger partial charge in [0.1, 0.15) is 17.3 Å². The highest BCUT2D eigenvalue weighted by atomic mass is 32.2. The van der Waals surface area contributed by atoms with Gasteiger partial charge in [-0.05, 0) is 55.2 Å². The minimum absolute atomic E-state index is 0.0382. The second-order valence-corrected chi connectivity index (χ2v) is 9.64. The Morgan fingerprint density at radius 1 is 1.15 bits per heavy atom. The van der Waals surface area contributed by atoms with E-state index in [2.05, 4.69) is 10.3 Å². The van der Waals surface area contributed by atoms with Gasteiger partial charge in [-0.2, -0.15) is 13.2 Å². The molecule has 1 amide bonds. The summed E-state index contributed by atoms with van der Waals surface area (Å²) in [5, 5.41) is 2.55. The first-order valence-corrected chi connectivity index (χ1v) is 12.4. The molecule has 1 aliphatic heterocycles. The molecule has 0 atom stereocenters. The lowest BCUT2D eigenvalue weighted by Gasteiger charge is -2.29. The molecular weight excluding hydrogens is 476 g/mol. The number of anilines is 2. The van der Waals surface area contributed by atoms with Crippen LogP contribution in [-0.4, -0.2) is 38.7 Å². The van der Waals surface area contributed by atoms with Crippen molar-refractivity contribution >= 4 is 33.5 Å². The van der Waals surface area contributed by atoms with E-state index in [1.807, 2.05) is 4.72 Å². The third-order valence-electron chi connectivity index (χ3n) is 5.06. The number of nitrogens with zero attached hydrogens (tertiary/aromatic N) is 2. The van der Waals surface area contributed by atoms with Gasteiger partial charge in [0, 0.05) is 31.3 Å². The SMILES string of the molecule is CS(=O)(=O)Nc1ccc(CNC(=O)C=Cc2ccc(C(F)(F)F)nc2N2CCCCC2)cc1F. The molecule has 0 saturated carbocycles. The Labute approximate surface area is 194 Å². The molecule has 34 heavy (non-hydrogen) atoms. The summed E-state index contributed by atoms with van der Waals surface area (Å²) in [5.74, 6) is -1.16. The van der Waals surface area contributed by atoms with Crippen LogP contribution in [0.4, 0.5) is 29.1 Å². The highest BCUT2D eigenvalue weighted by molar-refractivity contribution is 7.92. The topological polar surface area (TPSA) is 91.4 Å². The predicted molar refractivity (Wildman–Crippen MR) is 121 cm³/mol. The number of amides is 1. The number of sulfonamides is 1. The number of carbonyl (C=O) groups is 1. The van der Waals surface area contributed by atoms with E-state index in [9.17, 15) is 30.8 Å². The molecule has 0 aliphatic carbocycles. The minimum Gasteiger partial charge on any atom is -0.356 e. The summed E-state index contributed by atoms with van der Waals surface area (Å²) >= 11 is 0. The van der Waals surface area contributed by atoms with E-state index in [1.165, 1.54) is 30.4 Å². The average Bonchev–Trinajstić information content (AvgIpc) is 2.77. The standard InChI is InChI=1S/C22H24F4N4O3S/c1-34(32,33)29-18-8-5-15(13-17(18)23)14-27-20(31)10-7-16-6-9-19(22(24,25)26)28-21(16)30-11-3-2-4-12-30/h5-10,13,29H,2-4,11-12,14H2,1H3,(H,27,31). The molecule has 2 heterocycles. The third-order valence-corrected chi connectivity index (χ3v) is 5.65. The van der Waals surface area contributed by atoms with Crippen molar-refractivity contribution in [3.05, 3.63) is 59.0 Å². The molecule has 1 aliphatic rings.